The molecule has 8 bridgehead atoms. The van der Waals surface area contributed by atoms with Gasteiger partial charge in [-0.1, -0.05) is 48.5 Å². The molecule has 5 aliphatic heterocycles. The van der Waals surface area contributed by atoms with Gasteiger partial charge in [-0.2, -0.15) is 0 Å². The van der Waals surface area contributed by atoms with E-state index < -0.39 is 0 Å². The first-order valence-corrected chi connectivity index (χ1v) is 17.3. The van der Waals surface area contributed by atoms with Crippen molar-refractivity contribution < 1.29 is 17.1 Å². The molecule has 1 radical (unpaired) electrons. The van der Waals surface area contributed by atoms with Gasteiger partial charge in [-0.3, -0.25) is 0 Å². The first-order valence-electron chi connectivity index (χ1n) is 17.3. The van der Waals surface area contributed by atoms with Crippen molar-refractivity contribution in [2.75, 3.05) is 28.2 Å². The summed E-state index contributed by atoms with van der Waals surface area (Å²) in [4.78, 5) is 29.6. The summed E-state index contributed by atoms with van der Waals surface area (Å²) >= 11 is 0. The molecule has 5 aliphatic rings. The van der Waals surface area contributed by atoms with Crippen molar-refractivity contribution >= 4 is 22.3 Å². The Morgan fingerprint density at radius 3 is 0.585 bits per heavy atom. The standard InChI is InChI=1S/C44H36N8.Cu/c1-49-21-13-29(14-22-49)41-33-5-7-35(45-33)42(30-15-23-50(2)24-16-30)37-9-11-39(47-37)44(32-19-27-52(4)28-20-32)40-12-10-38(48-40)43(36-8-6-34(41)46-36)31-17-25-51(3)26-18-31;/h5-28H,1-4H3;/q-4;. The van der Waals surface area contributed by atoms with Crippen LogP contribution in [0.3, 0.4) is 0 Å². The Hall–Kier alpha value is -6.28. The zero-order valence-corrected chi connectivity index (χ0v) is 30.7. The average Bonchev–Trinajstić information content (AvgIpc) is 3.99. The summed E-state index contributed by atoms with van der Waals surface area (Å²) in [6, 6.07) is 16.8. The number of hydrogen-bond acceptors (Lipinski definition) is 4. The van der Waals surface area contributed by atoms with E-state index in [4.69, 9.17) is 19.9 Å². The van der Waals surface area contributed by atoms with Crippen LogP contribution >= 0.6 is 0 Å². The fourth-order valence-electron chi connectivity index (χ4n) is 6.94. The molecule has 0 N–H and O–H groups in total. The minimum atomic E-state index is 0. The Bertz CT molecular complexity index is 1990. The van der Waals surface area contributed by atoms with Gasteiger partial charge in [-0.15, -0.1) is 45.6 Å². The average molecular weight is 740 g/mol. The van der Waals surface area contributed by atoms with Crippen LogP contribution in [0.2, 0.25) is 0 Å². The summed E-state index contributed by atoms with van der Waals surface area (Å²) in [6.45, 7) is 0. The maximum Gasteiger partial charge on any atom is 0.0106 e. The van der Waals surface area contributed by atoms with E-state index in [1.807, 2.05) is 47.8 Å². The maximum absolute atomic E-state index is 5.35. The Kier molecular flexibility index (Phi) is 8.74. The molecule has 0 unspecified atom stereocenters. The Morgan fingerprint density at radius 2 is 0.434 bits per heavy atom. The second kappa shape index (κ2) is 13.7. The molecule has 0 saturated carbocycles. The van der Waals surface area contributed by atoms with Gasteiger partial charge in [-0.25, -0.2) is 0 Å². The monoisotopic (exact) mass is 739 g/mol. The molecule has 0 amide bonds. The molecule has 0 saturated heterocycles. The van der Waals surface area contributed by atoms with Gasteiger partial charge in [0.05, 0.1) is 0 Å². The van der Waals surface area contributed by atoms with Crippen LogP contribution in [0.1, 0.15) is 45.6 Å². The van der Waals surface area contributed by atoms with E-state index in [-0.39, 0.29) is 17.1 Å². The van der Waals surface area contributed by atoms with Gasteiger partial charge in [0.1, 0.15) is 0 Å². The molecule has 267 valence electrons. The zero-order valence-electron chi connectivity index (χ0n) is 29.7. The van der Waals surface area contributed by atoms with Crippen molar-refractivity contribution in [1.29, 1.82) is 0 Å². The predicted molar refractivity (Wildman–Crippen MR) is 207 cm³/mol. The smallest absolute Gasteiger partial charge is 0.0106 e. The molecule has 0 spiro atoms. The second-order valence-corrected chi connectivity index (χ2v) is 13.4. The molecule has 4 aromatic rings. The molecule has 0 aliphatic carbocycles. The summed E-state index contributed by atoms with van der Waals surface area (Å²) in [6.07, 6.45) is 33.5. The Labute approximate surface area is 320 Å². The van der Waals surface area contributed by atoms with Gasteiger partial charge < -0.3 is 39.5 Å². The molecular weight excluding hydrogens is 704 g/mol. The maximum atomic E-state index is 5.35. The van der Waals surface area contributed by atoms with Crippen LogP contribution < -0.4 is 19.9 Å². The first-order chi connectivity index (χ1) is 25.4. The van der Waals surface area contributed by atoms with Crippen molar-refractivity contribution in [3.63, 3.8) is 0 Å². The van der Waals surface area contributed by atoms with Crippen molar-refractivity contribution in [3.8, 4) is 0 Å². The molecular formula is C44H36CuN8-4. The van der Waals surface area contributed by atoms with Gasteiger partial charge in [-0.05, 0) is 93.2 Å². The van der Waals surface area contributed by atoms with E-state index in [1.165, 1.54) is 0 Å². The molecule has 0 atom stereocenters. The number of rotatable bonds is 0. The third-order valence-corrected chi connectivity index (χ3v) is 9.68. The predicted octanol–water partition coefficient (Wildman–Crippen LogP) is 6.93. The number of allylic oxidation sites excluding steroid dienone is 12. The van der Waals surface area contributed by atoms with Gasteiger partial charge in [0.25, 0.3) is 0 Å². The van der Waals surface area contributed by atoms with Gasteiger partial charge in [0.2, 0.25) is 0 Å². The normalized spacial score (nSPS) is 17.7. The molecule has 9 rings (SSSR count). The van der Waals surface area contributed by atoms with E-state index in [0.717, 1.165) is 90.1 Å². The minimum absolute atomic E-state index is 0. The zero-order chi connectivity index (χ0) is 35.3. The van der Waals surface area contributed by atoms with Crippen LogP contribution in [-0.2, 0) is 17.1 Å². The molecule has 9 heteroatoms. The van der Waals surface area contributed by atoms with Crippen LogP contribution in [-0.4, -0.2) is 47.8 Å². The van der Waals surface area contributed by atoms with Gasteiger partial charge in [0, 0.05) is 94.9 Å². The summed E-state index contributed by atoms with van der Waals surface area (Å²) in [7, 11) is 8.10. The number of nitrogens with zero attached hydrogens (tertiary/aromatic N) is 8. The SMILES string of the molecule is CN1C=CC(=C2c3ccc([n-]3)C(=C3C=CN(C)C=C3)c3ccc([n-]3)C(=C3C=CN(C)C=C3)c3ccc([n-]3)C(=C3C=CN(C)C=C3)c3ccc2[n-]3)C=C1.[Cu]. The topological polar surface area (TPSA) is 69.4 Å². The van der Waals surface area contributed by atoms with Crippen LogP contribution in [0.5, 0.6) is 0 Å². The van der Waals surface area contributed by atoms with Crippen LogP contribution in [0, 0.1) is 0 Å². The van der Waals surface area contributed by atoms with Crippen molar-refractivity contribution in [2.45, 2.75) is 0 Å². The third kappa shape index (κ3) is 6.31. The number of aromatic nitrogens is 4. The van der Waals surface area contributed by atoms with Crippen molar-refractivity contribution in [2.24, 2.45) is 0 Å². The Balaban J connectivity index is 0.00000400. The third-order valence-electron chi connectivity index (χ3n) is 9.68. The van der Waals surface area contributed by atoms with Crippen LogP contribution in [0.15, 0.2) is 169 Å². The number of hydrogen-bond donors (Lipinski definition) is 0. The largest absolute Gasteiger partial charge is 0.657 e. The van der Waals surface area contributed by atoms with Gasteiger partial charge in [0.15, 0.2) is 0 Å². The quantitative estimate of drug-likeness (QED) is 0.159. The summed E-state index contributed by atoms with van der Waals surface area (Å²) in [5.41, 5.74) is 14.7. The van der Waals surface area contributed by atoms with Crippen molar-refractivity contribution in [1.82, 2.24) is 39.5 Å². The molecule has 0 aromatic carbocycles. The van der Waals surface area contributed by atoms with E-state index in [1.54, 1.807) is 0 Å². The van der Waals surface area contributed by atoms with E-state index >= 15 is 0 Å². The van der Waals surface area contributed by atoms with E-state index in [2.05, 4.69) is 147 Å². The van der Waals surface area contributed by atoms with Crippen LogP contribution in [0.4, 0.5) is 0 Å². The van der Waals surface area contributed by atoms with Crippen LogP contribution in [0.25, 0.3) is 22.3 Å². The number of fused-ring (bicyclic) bond motifs is 8. The van der Waals surface area contributed by atoms with Gasteiger partial charge >= 0.3 is 0 Å². The van der Waals surface area contributed by atoms with E-state index in [0.29, 0.717) is 0 Å². The molecule has 0 fully saturated rings. The first kappa shape index (κ1) is 33.8. The minimum Gasteiger partial charge on any atom is -0.657 e. The summed E-state index contributed by atoms with van der Waals surface area (Å²) in [5.74, 6) is 0. The fraction of sp³-hybridized carbons (Fsp3) is 0.0909. The Morgan fingerprint density at radius 1 is 0.283 bits per heavy atom. The molecule has 8 nitrogen and oxygen atoms in total. The summed E-state index contributed by atoms with van der Waals surface area (Å²) < 4.78 is 0. The molecule has 53 heavy (non-hydrogen) atoms. The molecule has 4 aromatic heterocycles. The summed E-state index contributed by atoms with van der Waals surface area (Å²) in [5, 5.41) is 0. The molecule has 9 heterocycles. The second-order valence-electron chi connectivity index (χ2n) is 13.4. The fourth-order valence-corrected chi connectivity index (χ4v) is 6.94. The van der Waals surface area contributed by atoms with Crippen molar-refractivity contribution in [3.05, 3.63) is 215 Å². The van der Waals surface area contributed by atoms with E-state index in [9.17, 15) is 0 Å².